The van der Waals surface area contributed by atoms with Gasteiger partial charge in [-0.05, 0) is 83.9 Å². The third-order valence-corrected chi connectivity index (χ3v) is 7.26. The molecular formula is C33H43N3O7. The zero-order valence-electron chi connectivity index (χ0n) is 26.6. The fraction of sp³-hybridized carbons (Fsp3) is 0.485. The molecule has 0 spiro atoms. The summed E-state index contributed by atoms with van der Waals surface area (Å²) in [5.74, 6) is 0.296. The number of piperazine rings is 1. The molecule has 1 saturated heterocycles. The number of fused-ring (bicyclic) bond motifs is 1. The number of rotatable bonds is 5. The zero-order valence-corrected chi connectivity index (χ0v) is 26.6. The van der Waals surface area contributed by atoms with Gasteiger partial charge in [-0.3, -0.25) is 9.47 Å². The van der Waals surface area contributed by atoms with Crippen LogP contribution >= 0.6 is 0 Å². The Morgan fingerprint density at radius 3 is 2.09 bits per heavy atom. The Labute approximate surface area is 253 Å². The van der Waals surface area contributed by atoms with Crippen molar-refractivity contribution in [2.24, 2.45) is 0 Å². The molecule has 3 aromatic rings. The molecule has 1 fully saturated rings. The second kappa shape index (κ2) is 12.3. The number of aryl methyl sites for hydroxylation is 1. The first kappa shape index (κ1) is 31.9. The van der Waals surface area contributed by atoms with Gasteiger partial charge in [0, 0.05) is 43.3 Å². The first-order chi connectivity index (χ1) is 20.1. The standard InChI is InChI=1S/C33H43N3O7/c1-21-18-27(40-8)25(24-14-15-36(28(21)24)31(39)43-33(5,6)7)19-34-16-17-35(30(38)42-32(2,3)4)20-26(34)22-10-12-23(13-11-22)29(37)41-9/h10-15,18,26H,16-17,19-20H2,1-9H3. The molecule has 43 heavy (non-hydrogen) atoms. The lowest BCUT2D eigenvalue weighted by Crippen LogP contribution is -2.51. The third kappa shape index (κ3) is 7.30. The van der Waals surface area contributed by atoms with Crippen molar-refractivity contribution in [3.8, 4) is 5.75 Å². The summed E-state index contributed by atoms with van der Waals surface area (Å²) < 4.78 is 23.6. The minimum absolute atomic E-state index is 0.207. The molecule has 4 rings (SSSR count). The van der Waals surface area contributed by atoms with E-state index in [1.54, 1.807) is 34.9 Å². The number of hydrogen-bond acceptors (Lipinski definition) is 8. The Morgan fingerprint density at radius 2 is 1.51 bits per heavy atom. The van der Waals surface area contributed by atoms with Crippen LogP contribution in [0.5, 0.6) is 5.75 Å². The summed E-state index contributed by atoms with van der Waals surface area (Å²) in [5, 5.41) is 0.886. The maximum atomic E-state index is 13.1. The number of carbonyl (C=O) groups excluding carboxylic acids is 3. The van der Waals surface area contributed by atoms with Crippen molar-refractivity contribution in [3.63, 3.8) is 0 Å². The lowest BCUT2D eigenvalue weighted by Gasteiger charge is -2.42. The van der Waals surface area contributed by atoms with Gasteiger partial charge in [-0.1, -0.05) is 12.1 Å². The normalized spacial score (nSPS) is 16.2. The number of methoxy groups -OCH3 is 2. The van der Waals surface area contributed by atoms with Crippen molar-refractivity contribution >= 4 is 29.1 Å². The lowest BCUT2D eigenvalue weighted by molar-refractivity contribution is 0.00198. The van der Waals surface area contributed by atoms with Gasteiger partial charge in [-0.2, -0.15) is 0 Å². The van der Waals surface area contributed by atoms with E-state index in [2.05, 4.69) is 4.90 Å². The molecule has 0 saturated carbocycles. The van der Waals surface area contributed by atoms with Gasteiger partial charge in [0.1, 0.15) is 17.0 Å². The molecular weight excluding hydrogens is 550 g/mol. The van der Waals surface area contributed by atoms with Crippen LogP contribution in [0.15, 0.2) is 42.6 Å². The largest absolute Gasteiger partial charge is 0.496 e. The van der Waals surface area contributed by atoms with E-state index < -0.39 is 23.3 Å². The SMILES string of the molecule is COC(=O)c1ccc(C2CN(C(=O)OC(C)(C)C)CCN2Cc2c(OC)cc(C)c3c2ccn3C(=O)OC(C)(C)C)cc1. The predicted octanol–water partition coefficient (Wildman–Crippen LogP) is 6.32. The molecule has 232 valence electrons. The van der Waals surface area contributed by atoms with Gasteiger partial charge < -0.3 is 23.8 Å². The number of hydrogen-bond donors (Lipinski definition) is 0. The molecule has 1 atom stereocenters. The zero-order chi connectivity index (χ0) is 31.7. The second-order valence-electron chi connectivity index (χ2n) is 12.8. The van der Waals surface area contributed by atoms with Crippen LogP contribution in [0.1, 0.15) is 74.6 Å². The van der Waals surface area contributed by atoms with E-state index in [1.807, 2.05) is 72.7 Å². The van der Waals surface area contributed by atoms with E-state index in [0.717, 1.165) is 27.6 Å². The van der Waals surface area contributed by atoms with E-state index in [9.17, 15) is 14.4 Å². The fourth-order valence-corrected chi connectivity index (χ4v) is 5.35. The molecule has 1 aromatic heterocycles. The Bertz CT molecular complexity index is 1500. The van der Waals surface area contributed by atoms with Crippen LogP contribution < -0.4 is 4.74 Å². The number of carbonyl (C=O) groups is 3. The van der Waals surface area contributed by atoms with Crippen LogP contribution in [0.25, 0.3) is 10.9 Å². The molecule has 1 amide bonds. The van der Waals surface area contributed by atoms with Crippen LogP contribution in [0, 0.1) is 6.92 Å². The summed E-state index contributed by atoms with van der Waals surface area (Å²) in [6, 6.07) is 10.9. The van der Waals surface area contributed by atoms with Gasteiger partial charge in [0.05, 0.1) is 31.3 Å². The first-order valence-electron chi connectivity index (χ1n) is 14.4. The molecule has 0 aliphatic carbocycles. The summed E-state index contributed by atoms with van der Waals surface area (Å²) in [4.78, 5) is 42.3. The maximum absolute atomic E-state index is 13.1. The van der Waals surface area contributed by atoms with Crippen LogP contribution in [-0.4, -0.2) is 77.6 Å². The van der Waals surface area contributed by atoms with Crippen LogP contribution in [0.4, 0.5) is 9.59 Å². The predicted molar refractivity (Wildman–Crippen MR) is 164 cm³/mol. The lowest BCUT2D eigenvalue weighted by atomic mass is 9.98. The van der Waals surface area contributed by atoms with E-state index in [4.69, 9.17) is 18.9 Å². The van der Waals surface area contributed by atoms with E-state index in [-0.39, 0.29) is 12.1 Å². The molecule has 1 aliphatic heterocycles. The van der Waals surface area contributed by atoms with Gasteiger partial charge in [-0.25, -0.2) is 14.4 Å². The van der Waals surface area contributed by atoms with Gasteiger partial charge in [0.15, 0.2) is 0 Å². The average molecular weight is 594 g/mol. The molecule has 10 heteroatoms. The molecule has 10 nitrogen and oxygen atoms in total. The number of benzene rings is 2. The van der Waals surface area contributed by atoms with Crippen LogP contribution in [0.2, 0.25) is 0 Å². The third-order valence-electron chi connectivity index (χ3n) is 7.26. The quantitative estimate of drug-likeness (QED) is 0.250. The highest BCUT2D eigenvalue weighted by Crippen LogP contribution is 2.36. The van der Waals surface area contributed by atoms with Crippen molar-refractivity contribution < 1.29 is 33.3 Å². The number of ether oxygens (including phenoxy) is 4. The molecule has 0 N–H and O–H groups in total. The maximum Gasteiger partial charge on any atom is 0.419 e. The van der Waals surface area contributed by atoms with Crippen LogP contribution in [-0.2, 0) is 20.8 Å². The summed E-state index contributed by atoms with van der Waals surface area (Å²) in [6.07, 6.45) is 0.919. The molecule has 0 bridgehead atoms. The van der Waals surface area contributed by atoms with Crippen LogP contribution in [0.3, 0.4) is 0 Å². The monoisotopic (exact) mass is 593 g/mol. The highest BCUT2D eigenvalue weighted by atomic mass is 16.6. The minimum atomic E-state index is -0.638. The van der Waals surface area contributed by atoms with Crippen molar-refractivity contribution in [1.82, 2.24) is 14.4 Å². The van der Waals surface area contributed by atoms with Crippen molar-refractivity contribution in [1.29, 1.82) is 0 Å². The number of esters is 1. The van der Waals surface area contributed by atoms with Crippen molar-refractivity contribution in [3.05, 3.63) is 64.8 Å². The second-order valence-corrected chi connectivity index (χ2v) is 12.8. The number of aromatic nitrogens is 1. The Balaban J connectivity index is 1.73. The molecule has 1 unspecified atom stereocenters. The van der Waals surface area contributed by atoms with Gasteiger partial charge >= 0.3 is 18.2 Å². The Morgan fingerprint density at radius 1 is 0.884 bits per heavy atom. The minimum Gasteiger partial charge on any atom is -0.496 e. The van der Waals surface area contributed by atoms with Gasteiger partial charge in [-0.15, -0.1) is 0 Å². The number of amides is 1. The number of nitrogens with zero attached hydrogens (tertiary/aromatic N) is 3. The molecule has 1 aliphatic rings. The van der Waals surface area contributed by atoms with Gasteiger partial charge in [0.25, 0.3) is 0 Å². The highest BCUT2D eigenvalue weighted by molar-refractivity contribution is 5.95. The molecule has 2 aromatic carbocycles. The first-order valence-corrected chi connectivity index (χ1v) is 14.4. The van der Waals surface area contributed by atoms with Crippen molar-refractivity contribution in [2.75, 3.05) is 33.9 Å². The molecule has 2 heterocycles. The van der Waals surface area contributed by atoms with E-state index >= 15 is 0 Å². The summed E-state index contributed by atoms with van der Waals surface area (Å²) in [5.41, 5.74) is 2.70. The van der Waals surface area contributed by atoms with Crippen molar-refractivity contribution in [2.45, 2.75) is 72.3 Å². The highest BCUT2D eigenvalue weighted by Gasteiger charge is 2.34. The van der Waals surface area contributed by atoms with E-state index in [0.29, 0.717) is 37.5 Å². The molecule has 0 radical (unpaired) electrons. The fourth-order valence-electron chi connectivity index (χ4n) is 5.35. The van der Waals surface area contributed by atoms with E-state index in [1.165, 1.54) is 7.11 Å². The smallest absolute Gasteiger partial charge is 0.419 e. The summed E-state index contributed by atoms with van der Waals surface area (Å²) in [6.45, 7) is 14.9. The Kier molecular flexibility index (Phi) is 9.11. The summed E-state index contributed by atoms with van der Waals surface area (Å²) in [7, 11) is 2.99. The van der Waals surface area contributed by atoms with Gasteiger partial charge in [0.2, 0.25) is 0 Å². The topological polar surface area (TPSA) is 99.5 Å². The summed E-state index contributed by atoms with van der Waals surface area (Å²) >= 11 is 0. The average Bonchev–Trinajstić information content (AvgIpc) is 3.39. The Hall–Kier alpha value is -4.05.